The molecule has 0 aliphatic rings. The van der Waals surface area contributed by atoms with Crippen molar-refractivity contribution in [2.24, 2.45) is 14.1 Å². The number of rotatable bonds is 11. The Labute approximate surface area is 412 Å². The summed E-state index contributed by atoms with van der Waals surface area (Å²) in [6, 6.07) is 43.3. The van der Waals surface area contributed by atoms with Gasteiger partial charge in [-0.25, -0.2) is 9.13 Å². The summed E-state index contributed by atoms with van der Waals surface area (Å²) in [6.07, 6.45) is 18.8. The minimum atomic E-state index is -0.440. The Kier molecular flexibility index (Phi) is 19.6. The maximum absolute atomic E-state index is 12.8. The van der Waals surface area contributed by atoms with Crippen molar-refractivity contribution in [3.05, 3.63) is 198 Å². The van der Waals surface area contributed by atoms with Crippen LogP contribution in [0.4, 0.5) is 56.9 Å². The lowest BCUT2D eigenvalue weighted by molar-refractivity contribution is -0.671. The highest BCUT2D eigenvalue weighted by molar-refractivity contribution is 6.05. The lowest BCUT2D eigenvalue weighted by Crippen LogP contribution is -3.00. The van der Waals surface area contributed by atoms with Crippen LogP contribution in [0.3, 0.4) is 0 Å². The number of terminal acetylenes is 2. The van der Waals surface area contributed by atoms with Crippen LogP contribution in [-0.4, -0.2) is 21.7 Å². The molecule has 16 heteroatoms. The van der Waals surface area contributed by atoms with Gasteiger partial charge in [-0.05, 0) is 121 Å². The standard InChI is InChI=1S/C28H22N6O3.C19H18N4O.C6H2.2ClH/c1-33-15-12-22(13-16-33)30-23-4-2-3-19(17-23)28(35)32-21-7-5-20(6-8-21)31-26-11-14-29-27-18-24(34(36)37)9-10-25(26)27;1-23-11-9-17(10-12-23)21-18-4-2-3-14(13-18)19(24)22-16-7-5-15(20)6-8-16;1-3-5-6-4-2;;/h2-18H,1H3,(H2,29,31,32,35);2-13H,20H2,1H3,(H,22,24);1-2H;2*1H. The van der Waals surface area contributed by atoms with Crippen molar-refractivity contribution in [3.63, 3.8) is 0 Å². The summed E-state index contributed by atoms with van der Waals surface area (Å²) in [7, 11) is 3.92. The molecule has 0 bridgehead atoms. The number of anilines is 9. The van der Waals surface area contributed by atoms with E-state index in [0.717, 1.165) is 39.5 Å². The summed E-state index contributed by atoms with van der Waals surface area (Å²) >= 11 is 0. The lowest BCUT2D eigenvalue weighted by Gasteiger charge is -2.11. The molecule has 0 saturated heterocycles. The fourth-order valence-electron chi connectivity index (χ4n) is 6.17. The summed E-state index contributed by atoms with van der Waals surface area (Å²) in [6.45, 7) is 0. The first kappa shape index (κ1) is 52.2. The molecular weight excluding hydrogens is 912 g/mol. The molecule has 3 heterocycles. The number of fused-ring (bicyclic) bond motifs is 1. The van der Waals surface area contributed by atoms with E-state index in [2.05, 4.69) is 55.2 Å². The number of nitrogens with one attached hydrogen (secondary N) is 5. The molecule has 0 spiro atoms. The molecule has 0 aliphatic heterocycles. The Morgan fingerprint density at radius 3 is 1.49 bits per heavy atom. The summed E-state index contributed by atoms with van der Waals surface area (Å²) in [5, 5.41) is 27.5. The number of aromatic nitrogens is 3. The third-order valence-electron chi connectivity index (χ3n) is 9.52. The van der Waals surface area contributed by atoms with Crippen LogP contribution in [-0.2, 0) is 14.1 Å². The molecule has 7 N–H and O–H groups in total. The van der Waals surface area contributed by atoms with Crippen molar-refractivity contribution in [2.45, 2.75) is 0 Å². The second kappa shape index (κ2) is 25.9. The van der Waals surface area contributed by atoms with E-state index in [-0.39, 0.29) is 42.3 Å². The van der Waals surface area contributed by atoms with Crippen molar-refractivity contribution in [1.82, 2.24) is 4.98 Å². The number of non-ortho nitro benzene ring substituents is 1. The number of hydrogen-bond acceptors (Lipinski definition) is 9. The molecule has 5 aromatic carbocycles. The number of benzene rings is 5. The van der Waals surface area contributed by atoms with Gasteiger partial charge in [0.25, 0.3) is 17.5 Å². The highest BCUT2D eigenvalue weighted by Crippen LogP contribution is 2.29. The number of hydrogen-bond donors (Lipinski definition) is 6. The van der Waals surface area contributed by atoms with Crippen LogP contribution in [0.15, 0.2) is 177 Å². The van der Waals surface area contributed by atoms with Gasteiger partial charge in [-0.3, -0.25) is 24.7 Å². The van der Waals surface area contributed by atoms with E-state index in [0.29, 0.717) is 33.7 Å². The number of pyridine rings is 3. The number of nitro benzene ring substituents is 1. The fourth-order valence-corrected chi connectivity index (χ4v) is 6.17. The van der Waals surface area contributed by atoms with E-state index >= 15 is 0 Å². The largest absolute Gasteiger partial charge is 1.00 e. The number of carbonyl (C=O) groups is 2. The first-order valence-electron chi connectivity index (χ1n) is 20.4. The van der Waals surface area contributed by atoms with E-state index < -0.39 is 4.92 Å². The van der Waals surface area contributed by atoms with E-state index in [1.165, 1.54) is 12.1 Å². The summed E-state index contributed by atoms with van der Waals surface area (Å²) < 4.78 is 3.91. The van der Waals surface area contributed by atoms with Gasteiger partial charge in [0, 0.05) is 98.9 Å². The zero-order valence-corrected chi connectivity index (χ0v) is 38.7. The molecule has 14 nitrogen and oxygen atoms in total. The van der Waals surface area contributed by atoms with E-state index in [1.807, 2.05) is 115 Å². The minimum absolute atomic E-state index is 0. The number of nitro groups is 1. The third-order valence-corrected chi connectivity index (χ3v) is 9.52. The summed E-state index contributed by atoms with van der Waals surface area (Å²) in [5.41, 5.74) is 14.4. The Balaban J connectivity index is 0.000000279. The van der Waals surface area contributed by atoms with Gasteiger partial charge in [0.05, 0.1) is 21.8 Å². The van der Waals surface area contributed by atoms with E-state index in [1.54, 1.807) is 72.9 Å². The molecule has 0 unspecified atom stereocenters. The molecule has 0 saturated carbocycles. The molecule has 3 aromatic heterocycles. The fraction of sp³-hybridized carbons (Fsp3) is 0.0377. The summed E-state index contributed by atoms with van der Waals surface area (Å²) in [5.74, 6) is 8.23. The van der Waals surface area contributed by atoms with E-state index in [4.69, 9.17) is 18.6 Å². The van der Waals surface area contributed by atoms with Crippen LogP contribution in [0.2, 0.25) is 0 Å². The number of carbonyl (C=O) groups excluding carboxylic acids is 2. The maximum atomic E-state index is 12.8. The molecule has 0 fully saturated rings. The highest BCUT2D eigenvalue weighted by Gasteiger charge is 2.12. The average Bonchev–Trinajstić information content (AvgIpc) is 3.34. The Hall–Kier alpha value is -9.39. The highest BCUT2D eigenvalue weighted by atomic mass is 35.5. The predicted molar refractivity (Wildman–Crippen MR) is 265 cm³/mol. The molecule has 0 radical (unpaired) electrons. The normalized spacial score (nSPS) is 9.51. The van der Waals surface area contributed by atoms with Crippen LogP contribution in [0.5, 0.6) is 0 Å². The topological polar surface area (TPSA) is 184 Å². The van der Waals surface area contributed by atoms with Gasteiger partial charge in [-0.1, -0.05) is 12.1 Å². The van der Waals surface area contributed by atoms with Gasteiger partial charge >= 0.3 is 0 Å². The number of nitrogens with zero attached hydrogens (tertiary/aromatic N) is 4. The minimum Gasteiger partial charge on any atom is -1.00 e. The first-order valence-corrected chi connectivity index (χ1v) is 20.4. The van der Waals surface area contributed by atoms with Crippen molar-refractivity contribution in [1.29, 1.82) is 0 Å². The SMILES string of the molecule is C#CC#CC#C.C[n+]1ccc(Nc2cccc(C(=O)Nc3ccc(N)cc3)c2)cc1.C[n+]1ccc(Nc2cccc(C(=O)Nc3ccc(Nc4ccnc5cc([N+](=O)[O-])ccc45)cc3)c2)cc1.[Cl-].[Cl-]. The number of nitrogen functional groups attached to an aromatic ring is 1. The molecule has 0 atom stereocenters. The van der Waals surface area contributed by atoms with Gasteiger partial charge in [0.2, 0.25) is 0 Å². The van der Waals surface area contributed by atoms with Crippen LogP contribution < -0.4 is 66.3 Å². The van der Waals surface area contributed by atoms with E-state index in [9.17, 15) is 19.7 Å². The summed E-state index contributed by atoms with van der Waals surface area (Å²) in [4.78, 5) is 40.1. The van der Waals surface area contributed by atoms with Crippen molar-refractivity contribution < 1.29 is 48.5 Å². The molecule has 8 aromatic rings. The first-order chi connectivity index (χ1) is 32.5. The molecule has 344 valence electrons. The van der Waals surface area contributed by atoms with Gasteiger partial charge < -0.3 is 57.1 Å². The van der Waals surface area contributed by atoms with Crippen molar-refractivity contribution >= 4 is 79.6 Å². The number of aryl methyl sites for hydroxylation is 2. The van der Waals surface area contributed by atoms with Gasteiger partial charge in [-0.2, -0.15) is 0 Å². The van der Waals surface area contributed by atoms with Gasteiger partial charge in [0.1, 0.15) is 14.1 Å². The number of amides is 2. The average molecular weight is 956 g/mol. The van der Waals surface area contributed by atoms with Crippen molar-refractivity contribution in [3.8, 4) is 36.5 Å². The second-order valence-electron chi connectivity index (χ2n) is 14.5. The molecule has 2 amide bonds. The molecule has 0 aliphatic carbocycles. The monoisotopic (exact) mass is 954 g/mol. The quantitative estimate of drug-likeness (QED) is 0.0373. The zero-order chi connectivity index (χ0) is 47.5. The van der Waals surface area contributed by atoms with Gasteiger partial charge in [-0.15, -0.1) is 12.8 Å². The van der Waals surface area contributed by atoms with Crippen LogP contribution in [0, 0.1) is 46.6 Å². The zero-order valence-electron chi connectivity index (χ0n) is 37.2. The predicted octanol–water partition coefficient (Wildman–Crippen LogP) is 3.06. The number of halogens is 2. The van der Waals surface area contributed by atoms with Crippen molar-refractivity contribution in [2.75, 3.05) is 32.3 Å². The second-order valence-corrected chi connectivity index (χ2v) is 14.5. The molecule has 8 rings (SSSR count). The van der Waals surface area contributed by atoms with Crippen LogP contribution in [0.1, 0.15) is 20.7 Å². The Morgan fingerprint density at radius 1 is 0.580 bits per heavy atom. The van der Waals surface area contributed by atoms with Gasteiger partial charge in [0.15, 0.2) is 24.8 Å². The smallest absolute Gasteiger partial charge is 0.271 e. The Morgan fingerprint density at radius 2 is 1.03 bits per heavy atom. The van der Waals surface area contributed by atoms with Crippen LogP contribution >= 0.6 is 0 Å². The van der Waals surface area contributed by atoms with Crippen LogP contribution in [0.25, 0.3) is 10.9 Å². The molecular formula is C53H44Cl2N10O4. The Bertz CT molecular complexity index is 3160. The molecule has 69 heavy (non-hydrogen) atoms. The maximum Gasteiger partial charge on any atom is 0.271 e. The lowest BCUT2D eigenvalue weighted by atomic mass is 10.1. The number of nitrogens with two attached hydrogens (primary N) is 1. The third kappa shape index (κ3) is 15.9.